The monoisotopic (exact) mass is 407 g/mol. The van der Waals surface area contributed by atoms with Crippen molar-refractivity contribution < 1.29 is 18.0 Å². The molecule has 29 heavy (non-hydrogen) atoms. The lowest BCUT2D eigenvalue weighted by Gasteiger charge is -2.17. The molecule has 0 spiro atoms. The van der Waals surface area contributed by atoms with Crippen LogP contribution in [0.3, 0.4) is 0 Å². The first-order chi connectivity index (χ1) is 13.8. The maximum absolute atomic E-state index is 12.6. The van der Waals surface area contributed by atoms with Crippen LogP contribution in [0.25, 0.3) is 0 Å². The van der Waals surface area contributed by atoms with E-state index in [1.807, 2.05) is 13.0 Å². The minimum absolute atomic E-state index is 0.0260. The summed E-state index contributed by atoms with van der Waals surface area (Å²) in [5.74, 6) is 1.17. The summed E-state index contributed by atoms with van der Waals surface area (Å²) < 4.78 is 37.7. The third-order valence-corrected chi connectivity index (χ3v) is 4.65. The molecule has 156 valence electrons. The largest absolute Gasteiger partial charge is 0.416 e. The summed E-state index contributed by atoms with van der Waals surface area (Å²) >= 11 is 0. The highest BCUT2D eigenvalue weighted by Gasteiger charge is 2.29. The quantitative estimate of drug-likeness (QED) is 0.690. The van der Waals surface area contributed by atoms with E-state index in [4.69, 9.17) is 0 Å². The molecule has 1 amide bonds. The number of hydrogen-bond donors (Lipinski definition) is 2. The van der Waals surface area contributed by atoms with Crippen LogP contribution in [0, 0.1) is 6.92 Å². The molecule has 2 heterocycles. The van der Waals surface area contributed by atoms with Crippen molar-refractivity contribution in [2.75, 3.05) is 36.4 Å². The predicted molar refractivity (Wildman–Crippen MR) is 105 cm³/mol. The predicted octanol–water partition coefficient (Wildman–Crippen LogP) is 3.17. The van der Waals surface area contributed by atoms with Crippen molar-refractivity contribution in [3.8, 4) is 0 Å². The van der Waals surface area contributed by atoms with Gasteiger partial charge in [0, 0.05) is 37.9 Å². The number of alkyl halides is 3. The lowest BCUT2D eigenvalue weighted by Crippen LogP contribution is -2.30. The van der Waals surface area contributed by atoms with Gasteiger partial charge in [-0.3, -0.25) is 4.79 Å². The zero-order valence-corrected chi connectivity index (χ0v) is 16.2. The Morgan fingerprint density at radius 3 is 2.45 bits per heavy atom. The molecular weight excluding hydrogens is 383 g/mol. The first-order valence-electron chi connectivity index (χ1n) is 9.58. The number of carbonyl (C=O) groups is 1. The third kappa shape index (κ3) is 6.07. The molecule has 0 unspecified atom stereocenters. The highest BCUT2D eigenvalue weighted by atomic mass is 19.4. The van der Waals surface area contributed by atoms with E-state index in [9.17, 15) is 18.0 Å². The minimum Gasteiger partial charge on any atom is -0.356 e. The SMILES string of the molecule is Cc1cc(N2CCCC2)nc(NCCNC(=O)Cc2ccc(C(F)(F)F)cc2)n1. The van der Waals surface area contributed by atoms with E-state index in [1.54, 1.807) is 0 Å². The van der Waals surface area contributed by atoms with E-state index in [2.05, 4.69) is 25.5 Å². The summed E-state index contributed by atoms with van der Waals surface area (Å²) in [7, 11) is 0. The average Bonchev–Trinajstić information content (AvgIpc) is 3.19. The number of hydrogen-bond acceptors (Lipinski definition) is 5. The van der Waals surface area contributed by atoms with Gasteiger partial charge in [0.05, 0.1) is 12.0 Å². The van der Waals surface area contributed by atoms with Crippen LogP contribution in [0.4, 0.5) is 24.9 Å². The summed E-state index contributed by atoms with van der Waals surface area (Å²) in [5.41, 5.74) is 0.675. The fraction of sp³-hybridized carbons (Fsp3) is 0.450. The molecule has 2 aromatic rings. The number of rotatable bonds is 7. The Balaban J connectivity index is 1.44. The molecule has 3 rings (SSSR count). The van der Waals surface area contributed by atoms with E-state index in [0.29, 0.717) is 24.6 Å². The number of carbonyl (C=O) groups excluding carboxylic acids is 1. The van der Waals surface area contributed by atoms with Gasteiger partial charge in [-0.15, -0.1) is 0 Å². The molecule has 1 aromatic heterocycles. The maximum atomic E-state index is 12.6. The second-order valence-corrected chi connectivity index (χ2v) is 7.03. The van der Waals surface area contributed by atoms with E-state index >= 15 is 0 Å². The van der Waals surface area contributed by atoms with Crippen LogP contribution in [0.5, 0.6) is 0 Å². The first kappa shape index (κ1) is 20.9. The van der Waals surface area contributed by atoms with E-state index < -0.39 is 11.7 Å². The standard InChI is InChI=1S/C20H24F3N5O/c1-14-12-17(28-10-2-3-11-28)27-19(26-14)25-9-8-24-18(29)13-15-4-6-16(7-5-15)20(21,22)23/h4-7,12H,2-3,8-11,13H2,1H3,(H,24,29)(H,25,26,27). The Morgan fingerprint density at radius 1 is 1.10 bits per heavy atom. The highest BCUT2D eigenvalue weighted by Crippen LogP contribution is 2.29. The Labute approximate surface area is 167 Å². The molecule has 1 saturated heterocycles. The smallest absolute Gasteiger partial charge is 0.356 e. The van der Waals surface area contributed by atoms with E-state index in [1.165, 1.54) is 12.1 Å². The number of nitrogens with zero attached hydrogens (tertiary/aromatic N) is 3. The van der Waals surface area contributed by atoms with Crippen LogP contribution in [-0.4, -0.2) is 42.1 Å². The van der Waals surface area contributed by atoms with Gasteiger partial charge in [0.15, 0.2) is 0 Å². The summed E-state index contributed by atoms with van der Waals surface area (Å²) in [6.07, 6.45) is -2.02. The van der Waals surface area contributed by atoms with Crippen LogP contribution in [-0.2, 0) is 17.4 Å². The number of anilines is 2. The molecule has 9 heteroatoms. The Morgan fingerprint density at radius 2 is 1.79 bits per heavy atom. The second-order valence-electron chi connectivity index (χ2n) is 7.03. The summed E-state index contributed by atoms with van der Waals surface area (Å²) in [5, 5.41) is 5.84. The molecule has 1 aliphatic heterocycles. The van der Waals surface area contributed by atoms with Gasteiger partial charge in [0.25, 0.3) is 0 Å². The Hall–Kier alpha value is -2.84. The van der Waals surface area contributed by atoms with Gasteiger partial charge in [-0.2, -0.15) is 18.2 Å². The van der Waals surface area contributed by atoms with E-state index in [-0.39, 0.29) is 12.3 Å². The van der Waals surface area contributed by atoms with Gasteiger partial charge in [-0.25, -0.2) is 4.98 Å². The van der Waals surface area contributed by atoms with Crippen LogP contribution in [0.1, 0.15) is 29.7 Å². The fourth-order valence-corrected chi connectivity index (χ4v) is 3.17. The van der Waals surface area contributed by atoms with Crippen LogP contribution >= 0.6 is 0 Å². The molecule has 6 nitrogen and oxygen atoms in total. The highest BCUT2D eigenvalue weighted by molar-refractivity contribution is 5.78. The number of aryl methyl sites for hydroxylation is 1. The maximum Gasteiger partial charge on any atom is 0.416 e. The molecule has 1 aliphatic rings. The van der Waals surface area contributed by atoms with E-state index in [0.717, 1.165) is 49.6 Å². The number of nitrogens with one attached hydrogen (secondary N) is 2. The van der Waals surface area contributed by atoms with Gasteiger partial charge >= 0.3 is 6.18 Å². The fourth-order valence-electron chi connectivity index (χ4n) is 3.17. The van der Waals surface area contributed by atoms with Crippen LogP contribution < -0.4 is 15.5 Å². The van der Waals surface area contributed by atoms with Gasteiger partial charge in [-0.05, 0) is 37.5 Å². The topological polar surface area (TPSA) is 70.2 Å². The Kier molecular flexibility index (Phi) is 6.56. The average molecular weight is 407 g/mol. The normalized spacial score (nSPS) is 14.1. The van der Waals surface area contributed by atoms with Gasteiger partial charge in [0.2, 0.25) is 11.9 Å². The van der Waals surface area contributed by atoms with Crippen molar-refractivity contribution in [3.05, 3.63) is 47.2 Å². The molecule has 1 fully saturated rings. The minimum atomic E-state index is -4.38. The molecule has 0 aliphatic carbocycles. The third-order valence-electron chi connectivity index (χ3n) is 4.65. The van der Waals surface area contributed by atoms with Gasteiger partial charge in [-0.1, -0.05) is 12.1 Å². The molecule has 0 saturated carbocycles. The lowest BCUT2D eigenvalue weighted by atomic mass is 10.1. The molecule has 2 N–H and O–H groups in total. The van der Waals surface area contributed by atoms with Crippen LogP contribution in [0.2, 0.25) is 0 Å². The zero-order valence-electron chi connectivity index (χ0n) is 16.2. The second kappa shape index (κ2) is 9.11. The summed E-state index contributed by atoms with van der Waals surface area (Å²) in [6, 6.07) is 6.57. The van der Waals surface area contributed by atoms with Gasteiger partial charge in [0.1, 0.15) is 5.82 Å². The summed E-state index contributed by atoms with van der Waals surface area (Å²) in [4.78, 5) is 23.1. The lowest BCUT2D eigenvalue weighted by molar-refractivity contribution is -0.137. The van der Waals surface area contributed by atoms with Crippen molar-refractivity contribution in [1.82, 2.24) is 15.3 Å². The zero-order chi connectivity index (χ0) is 20.9. The molecule has 0 bridgehead atoms. The number of halogens is 3. The number of aromatic nitrogens is 2. The molecule has 0 radical (unpaired) electrons. The van der Waals surface area contributed by atoms with Crippen molar-refractivity contribution >= 4 is 17.7 Å². The first-order valence-corrected chi connectivity index (χ1v) is 9.58. The van der Waals surface area contributed by atoms with Crippen molar-refractivity contribution in [2.24, 2.45) is 0 Å². The molecule has 0 atom stereocenters. The number of amides is 1. The van der Waals surface area contributed by atoms with Crippen molar-refractivity contribution in [3.63, 3.8) is 0 Å². The summed E-state index contributed by atoms with van der Waals surface area (Å²) in [6.45, 7) is 4.71. The van der Waals surface area contributed by atoms with Crippen LogP contribution in [0.15, 0.2) is 30.3 Å². The molecular formula is C20H24F3N5O. The van der Waals surface area contributed by atoms with Crippen molar-refractivity contribution in [2.45, 2.75) is 32.4 Å². The van der Waals surface area contributed by atoms with Gasteiger partial charge < -0.3 is 15.5 Å². The molecule has 1 aromatic carbocycles. The van der Waals surface area contributed by atoms with Crippen molar-refractivity contribution in [1.29, 1.82) is 0 Å². The Bertz CT molecular complexity index is 833. The number of benzene rings is 1.